The van der Waals surface area contributed by atoms with Gasteiger partial charge >= 0.3 is 9.28 Å². The third-order valence-corrected chi connectivity index (χ3v) is 18.2. The normalized spacial score (nSPS) is 25.6. The monoisotopic (exact) mass is 592 g/mol. The average molecular weight is 593 g/mol. The second kappa shape index (κ2) is 27.0. The molecule has 1 fully saturated rings. The molecular formula is C16H48O8Si8. The van der Waals surface area contributed by atoms with Gasteiger partial charge < -0.3 is 32.9 Å². The largest absolute Gasteiger partial charge is 0.425 e. The highest BCUT2D eigenvalue weighted by molar-refractivity contribution is 6.58. The van der Waals surface area contributed by atoms with E-state index in [0.717, 1.165) is 6.04 Å². The van der Waals surface area contributed by atoms with E-state index >= 15 is 0 Å². The van der Waals surface area contributed by atoms with Crippen molar-refractivity contribution >= 4 is 79.3 Å². The first-order valence-electron chi connectivity index (χ1n) is 12.6. The molecule has 0 atom stereocenters. The Balaban J connectivity index is 1.97. The van der Waals surface area contributed by atoms with Crippen LogP contribution in [0.4, 0.5) is 0 Å². The maximum Gasteiger partial charge on any atom is 0.303 e. The van der Waals surface area contributed by atoms with E-state index in [0.29, 0.717) is 0 Å². The fourth-order valence-electron chi connectivity index (χ4n) is 3.47. The van der Waals surface area contributed by atoms with Crippen LogP contribution < -0.4 is 0 Å². The standard InChI is InChI=1S/C16H48O8Si8/c1-2-3-4-5-6-7-8-9-10-11-12-13-14-15-16-32-23-30-21-28-19-26-17-25-18-27-20-29-22-31-24-32/h32H,2-16,25-31H2,1H3. The van der Waals surface area contributed by atoms with Crippen LogP contribution in [-0.4, -0.2) is 79.3 Å². The van der Waals surface area contributed by atoms with Gasteiger partial charge in [0.05, 0.1) is 0 Å². The van der Waals surface area contributed by atoms with Gasteiger partial charge in [-0.2, -0.15) is 0 Å². The molecule has 1 aliphatic rings. The summed E-state index contributed by atoms with van der Waals surface area (Å²) in [5.74, 6) is 0. The number of rotatable bonds is 15. The van der Waals surface area contributed by atoms with Gasteiger partial charge in [-0.25, -0.2) is 0 Å². The van der Waals surface area contributed by atoms with Crippen molar-refractivity contribution in [1.82, 2.24) is 0 Å². The predicted molar refractivity (Wildman–Crippen MR) is 151 cm³/mol. The van der Waals surface area contributed by atoms with Gasteiger partial charge in [0.2, 0.25) is 0 Å². The molecule has 0 saturated carbocycles. The average Bonchev–Trinajstić information content (AvgIpc) is 2.80. The minimum absolute atomic E-state index is 0.910. The molecule has 0 amide bonds. The van der Waals surface area contributed by atoms with Crippen molar-refractivity contribution in [2.24, 2.45) is 0 Å². The fourth-order valence-corrected chi connectivity index (χ4v) is 19.7. The second-order valence-electron chi connectivity index (χ2n) is 8.20. The molecule has 192 valence electrons. The van der Waals surface area contributed by atoms with Gasteiger partial charge in [0.1, 0.15) is 0 Å². The summed E-state index contributed by atoms with van der Waals surface area (Å²) < 4.78 is 45.5. The molecule has 1 rings (SSSR count). The van der Waals surface area contributed by atoms with E-state index in [2.05, 4.69) is 6.92 Å². The summed E-state index contributed by atoms with van der Waals surface area (Å²) in [5, 5.41) is 0. The molecule has 0 unspecified atom stereocenters. The Labute approximate surface area is 214 Å². The summed E-state index contributed by atoms with van der Waals surface area (Å²) in [6, 6.07) is 1.07. The minimum Gasteiger partial charge on any atom is -0.425 e. The first kappa shape index (κ1) is 31.4. The van der Waals surface area contributed by atoms with Gasteiger partial charge in [-0.3, -0.25) is 0 Å². The van der Waals surface area contributed by atoms with Crippen LogP contribution in [0.3, 0.4) is 0 Å². The van der Waals surface area contributed by atoms with Crippen molar-refractivity contribution in [2.75, 3.05) is 0 Å². The zero-order valence-electron chi connectivity index (χ0n) is 20.4. The van der Waals surface area contributed by atoms with Crippen LogP contribution in [0.5, 0.6) is 0 Å². The van der Waals surface area contributed by atoms with E-state index in [1.54, 1.807) is 0 Å². The molecule has 32 heavy (non-hydrogen) atoms. The molecule has 1 aliphatic heterocycles. The van der Waals surface area contributed by atoms with E-state index in [4.69, 9.17) is 32.9 Å². The van der Waals surface area contributed by atoms with E-state index in [1.807, 2.05) is 0 Å². The lowest BCUT2D eigenvalue weighted by molar-refractivity contribution is 0.336. The molecule has 8 nitrogen and oxygen atoms in total. The summed E-state index contributed by atoms with van der Waals surface area (Å²) in [4.78, 5) is 0. The minimum atomic E-state index is -1.65. The maximum atomic E-state index is 6.04. The summed E-state index contributed by atoms with van der Waals surface area (Å²) in [7, 11) is -8.26. The summed E-state index contributed by atoms with van der Waals surface area (Å²) in [6.45, 7) is 2.28. The molecule has 1 saturated heterocycles. The van der Waals surface area contributed by atoms with Crippen molar-refractivity contribution in [3.05, 3.63) is 0 Å². The van der Waals surface area contributed by atoms with Gasteiger partial charge in [-0.05, 0) is 6.04 Å². The van der Waals surface area contributed by atoms with Crippen LogP contribution in [0, 0.1) is 0 Å². The Morgan fingerprint density at radius 1 is 0.406 bits per heavy atom. The van der Waals surface area contributed by atoms with E-state index in [-0.39, 0.29) is 0 Å². The molecule has 16 heteroatoms. The molecule has 0 N–H and O–H groups in total. The van der Waals surface area contributed by atoms with Gasteiger partial charge in [-0.1, -0.05) is 96.8 Å². The molecule has 0 aliphatic carbocycles. The van der Waals surface area contributed by atoms with Crippen molar-refractivity contribution < 1.29 is 32.9 Å². The Morgan fingerprint density at radius 3 is 1.09 bits per heavy atom. The van der Waals surface area contributed by atoms with E-state index < -0.39 is 79.3 Å². The molecule has 0 aromatic heterocycles. The second-order valence-corrected chi connectivity index (χ2v) is 23.7. The van der Waals surface area contributed by atoms with Crippen molar-refractivity contribution in [3.63, 3.8) is 0 Å². The van der Waals surface area contributed by atoms with Crippen LogP contribution in [0.15, 0.2) is 0 Å². The fraction of sp³-hybridized carbons (Fsp3) is 1.00. The highest BCUT2D eigenvalue weighted by Crippen LogP contribution is 2.14. The van der Waals surface area contributed by atoms with Gasteiger partial charge in [0, 0.05) is 0 Å². The Bertz CT molecular complexity index is 365. The molecule has 0 aromatic rings. The molecular weight excluding hydrogens is 545 g/mol. The van der Waals surface area contributed by atoms with Crippen molar-refractivity contribution in [3.8, 4) is 0 Å². The summed E-state index contributed by atoms with van der Waals surface area (Å²) in [6.07, 6.45) is 19.3. The van der Waals surface area contributed by atoms with Gasteiger partial charge in [-0.15, -0.1) is 0 Å². The van der Waals surface area contributed by atoms with E-state index in [1.165, 1.54) is 89.9 Å². The smallest absolute Gasteiger partial charge is 0.303 e. The van der Waals surface area contributed by atoms with Crippen LogP contribution >= 0.6 is 0 Å². The predicted octanol–water partition coefficient (Wildman–Crippen LogP) is -1.17. The SMILES string of the molecule is CCCCCCCCCCCCCCCC[SiH]1O[SiH2]O[SiH2]O[SiH2]O[SiH2]O[SiH2]O[SiH2]O[SiH2]O1. The quantitative estimate of drug-likeness (QED) is 0.174. The Hall–Kier alpha value is 1.42. The first-order valence-corrected chi connectivity index (χ1v) is 22.5. The first-order chi connectivity index (χ1) is 15.9. The zero-order valence-corrected chi connectivity index (χ0v) is 31.5. The lowest BCUT2D eigenvalue weighted by Gasteiger charge is -2.18. The molecule has 0 spiro atoms. The lowest BCUT2D eigenvalue weighted by Crippen LogP contribution is -2.30. The third-order valence-electron chi connectivity index (χ3n) is 5.30. The number of hydrogen-bond acceptors (Lipinski definition) is 8. The number of hydrogen-bond donors (Lipinski definition) is 0. The van der Waals surface area contributed by atoms with Crippen molar-refractivity contribution in [2.45, 2.75) is 103 Å². The number of unbranched alkanes of at least 4 members (excludes halogenated alkanes) is 13. The zero-order chi connectivity index (χ0) is 22.8. The van der Waals surface area contributed by atoms with Gasteiger partial charge in [0.25, 0.3) is 70.0 Å². The highest BCUT2D eigenvalue weighted by Gasteiger charge is 2.13. The third kappa shape index (κ3) is 23.2. The van der Waals surface area contributed by atoms with E-state index in [9.17, 15) is 0 Å². The van der Waals surface area contributed by atoms with Crippen LogP contribution in [0.25, 0.3) is 0 Å². The van der Waals surface area contributed by atoms with Crippen LogP contribution in [-0.2, 0) is 32.9 Å². The lowest BCUT2D eigenvalue weighted by atomic mass is 10.0. The Morgan fingerprint density at radius 2 is 0.719 bits per heavy atom. The molecule has 0 aromatic carbocycles. The van der Waals surface area contributed by atoms with Crippen molar-refractivity contribution in [1.29, 1.82) is 0 Å². The van der Waals surface area contributed by atoms with Crippen LogP contribution in [0.2, 0.25) is 6.04 Å². The summed E-state index contributed by atoms with van der Waals surface area (Å²) >= 11 is 0. The molecule has 0 radical (unpaired) electrons. The maximum absolute atomic E-state index is 6.04. The highest BCUT2D eigenvalue weighted by atomic mass is 28.4. The Kier molecular flexibility index (Phi) is 26.5. The summed E-state index contributed by atoms with van der Waals surface area (Å²) in [5.41, 5.74) is 0. The van der Waals surface area contributed by atoms with Gasteiger partial charge in [0.15, 0.2) is 0 Å². The topological polar surface area (TPSA) is 73.8 Å². The molecule has 0 bridgehead atoms. The van der Waals surface area contributed by atoms with Crippen LogP contribution in [0.1, 0.15) is 96.8 Å². The molecule has 1 heterocycles.